The fourth-order valence-corrected chi connectivity index (χ4v) is 11.8. The first-order chi connectivity index (χ1) is 45.8. The quantitative estimate of drug-likeness (QED) is 0.0199. The van der Waals surface area contributed by atoms with E-state index in [0.717, 1.165) is 77.0 Å². The molecule has 3 fully saturated rings. The smallest absolute Gasteiger partial charge is 0.220 e. The Labute approximate surface area is 564 Å². The fourth-order valence-electron chi connectivity index (χ4n) is 11.8. The molecule has 0 radical (unpaired) electrons. The second kappa shape index (κ2) is 55.6. The molecule has 3 saturated heterocycles. The zero-order valence-corrected chi connectivity index (χ0v) is 57.4. The van der Waals surface area contributed by atoms with Crippen molar-refractivity contribution in [2.24, 2.45) is 0 Å². The van der Waals surface area contributed by atoms with Crippen LogP contribution in [0.25, 0.3) is 0 Å². The van der Waals surface area contributed by atoms with Gasteiger partial charge in [0.2, 0.25) is 5.91 Å². The number of carbonyl (C=O) groups excluding carboxylic acids is 1. The molecule has 0 saturated carbocycles. The van der Waals surface area contributed by atoms with E-state index >= 15 is 0 Å². The lowest BCUT2D eigenvalue weighted by atomic mass is 9.96. The molecule has 12 N–H and O–H groups in total. The molecule has 0 bridgehead atoms. The topological polar surface area (TPSA) is 307 Å². The summed E-state index contributed by atoms with van der Waals surface area (Å²) in [5, 5.41) is 120. The molecule has 0 aromatic rings. The fraction of sp³-hybridized carbons (Fsp3) is 0.773. The van der Waals surface area contributed by atoms with Gasteiger partial charge in [-0.1, -0.05) is 246 Å². The molecule has 19 nitrogen and oxygen atoms in total. The molecule has 542 valence electrons. The van der Waals surface area contributed by atoms with Crippen LogP contribution in [0.5, 0.6) is 0 Å². The maximum Gasteiger partial charge on any atom is 0.220 e. The predicted molar refractivity (Wildman–Crippen MR) is 369 cm³/mol. The zero-order valence-electron chi connectivity index (χ0n) is 57.4. The number of carbonyl (C=O) groups is 1. The van der Waals surface area contributed by atoms with E-state index in [0.29, 0.717) is 12.8 Å². The second-order valence-corrected chi connectivity index (χ2v) is 25.6. The second-order valence-electron chi connectivity index (χ2n) is 25.6. The van der Waals surface area contributed by atoms with Crippen molar-refractivity contribution >= 4 is 5.91 Å². The summed E-state index contributed by atoms with van der Waals surface area (Å²) < 4.78 is 34.2. The van der Waals surface area contributed by atoms with Gasteiger partial charge in [-0.3, -0.25) is 4.79 Å². The molecule has 17 atom stereocenters. The van der Waals surface area contributed by atoms with Gasteiger partial charge < -0.3 is 89.9 Å². The van der Waals surface area contributed by atoms with Gasteiger partial charge in [0.25, 0.3) is 0 Å². The number of ether oxygens (including phenoxy) is 6. The molecule has 1 amide bonds. The average Bonchev–Trinajstić information content (AvgIpc) is 0.788. The lowest BCUT2D eigenvalue weighted by Crippen LogP contribution is -2.66. The van der Waals surface area contributed by atoms with Crippen molar-refractivity contribution in [2.75, 3.05) is 26.4 Å². The Bertz CT molecular complexity index is 2080. The third-order valence-electron chi connectivity index (χ3n) is 17.6. The van der Waals surface area contributed by atoms with Gasteiger partial charge in [-0.15, -0.1) is 0 Å². The zero-order chi connectivity index (χ0) is 68.2. The van der Waals surface area contributed by atoms with Crippen LogP contribution in [0.15, 0.2) is 97.2 Å². The van der Waals surface area contributed by atoms with E-state index in [2.05, 4.69) is 104 Å². The van der Waals surface area contributed by atoms with Gasteiger partial charge in [0.15, 0.2) is 18.9 Å². The average molecular weight is 1330 g/mol. The van der Waals surface area contributed by atoms with E-state index in [1.54, 1.807) is 6.08 Å². The van der Waals surface area contributed by atoms with E-state index in [-0.39, 0.29) is 18.9 Å². The van der Waals surface area contributed by atoms with E-state index in [1.165, 1.54) is 128 Å². The van der Waals surface area contributed by atoms with Crippen LogP contribution >= 0.6 is 0 Å². The first-order valence-corrected chi connectivity index (χ1v) is 36.5. The molecule has 0 aromatic heterocycles. The first kappa shape index (κ1) is 84.9. The third kappa shape index (κ3) is 36.5. The number of hydrogen-bond acceptors (Lipinski definition) is 18. The van der Waals surface area contributed by atoms with Crippen LogP contribution in [0.3, 0.4) is 0 Å². The van der Waals surface area contributed by atoms with Crippen LogP contribution in [0, 0.1) is 0 Å². The van der Waals surface area contributed by atoms with Crippen molar-refractivity contribution in [3.05, 3.63) is 97.2 Å². The Hall–Kier alpha value is -3.29. The minimum absolute atomic E-state index is 0.230. The summed E-state index contributed by atoms with van der Waals surface area (Å²) in [6.45, 7) is 1.45. The Kier molecular flexibility index (Phi) is 50.2. The largest absolute Gasteiger partial charge is 0.394 e. The first-order valence-electron chi connectivity index (χ1n) is 36.5. The number of hydrogen-bond donors (Lipinski definition) is 12. The maximum atomic E-state index is 13.4. The number of aliphatic hydroxyl groups excluding tert-OH is 11. The minimum Gasteiger partial charge on any atom is -0.394 e. The molecule has 3 rings (SSSR count). The molecule has 17 unspecified atom stereocenters. The van der Waals surface area contributed by atoms with E-state index < -0.39 is 124 Å². The van der Waals surface area contributed by atoms with Crippen LogP contribution in [0.2, 0.25) is 0 Å². The summed E-state index contributed by atoms with van der Waals surface area (Å²) in [7, 11) is 0. The molecular weight excluding hydrogens is 1200 g/mol. The highest BCUT2D eigenvalue weighted by molar-refractivity contribution is 5.76. The van der Waals surface area contributed by atoms with Crippen LogP contribution < -0.4 is 5.32 Å². The van der Waals surface area contributed by atoms with Crippen molar-refractivity contribution in [1.82, 2.24) is 5.32 Å². The Morgan fingerprint density at radius 1 is 0.383 bits per heavy atom. The Balaban J connectivity index is 1.28. The minimum atomic E-state index is -1.98. The maximum absolute atomic E-state index is 13.4. The number of amides is 1. The van der Waals surface area contributed by atoms with Crippen LogP contribution in [0.4, 0.5) is 0 Å². The van der Waals surface area contributed by atoms with Crippen LogP contribution in [-0.4, -0.2) is 193 Å². The van der Waals surface area contributed by atoms with E-state index in [9.17, 15) is 61.0 Å². The number of aliphatic hydroxyl groups is 11. The van der Waals surface area contributed by atoms with Gasteiger partial charge in [0.05, 0.1) is 38.6 Å². The molecule has 3 aliphatic rings. The van der Waals surface area contributed by atoms with Crippen molar-refractivity contribution in [1.29, 1.82) is 0 Å². The van der Waals surface area contributed by atoms with Crippen molar-refractivity contribution < 1.29 is 89.4 Å². The summed E-state index contributed by atoms with van der Waals surface area (Å²) in [5.74, 6) is -0.292. The highest BCUT2D eigenvalue weighted by Crippen LogP contribution is 2.33. The normalized spacial score (nSPS) is 27.9. The highest BCUT2D eigenvalue weighted by atomic mass is 16.8. The predicted octanol–water partition coefficient (Wildman–Crippen LogP) is 10.4. The van der Waals surface area contributed by atoms with Gasteiger partial charge in [-0.05, 0) is 83.5 Å². The molecule has 0 spiro atoms. The summed E-state index contributed by atoms with van der Waals surface area (Å²) in [5.41, 5.74) is 0. The van der Waals surface area contributed by atoms with Gasteiger partial charge >= 0.3 is 0 Å². The molecule has 0 aromatic carbocycles. The summed E-state index contributed by atoms with van der Waals surface area (Å²) >= 11 is 0. The van der Waals surface area contributed by atoms with E-state index in [4.69, 9.17) is 28.4 Å². The number of nitrogens with one attached hydrogen (secondary N) is 1. The van der Waals surface area contributed by atoms with Gasteiger partial charge in [0.1, 0.15) is 73.2 Å². The SMILES string of the molecule is CC/C=C\C/C=C\C/C=C\C/C=C\C/C=C\CCCCCCCCCCCCCCCCCCCCCCCCCC(=O)NC(COC1OC(CO)C(OC2OC(CO)C(OC3OC(CO)C(O)C(O)C3O)C(O)C2O)C(O)C1O)C(O)/C=C/CC/C=C/CC/C=C/CC. The third-order valence-corrected chi connectivity index (χ3v) is 17.6. The van der Waals surface area contributed by atoms with E-state index in [1.807, 2.05) is 6.08 Å². The van der Waals surface area contributed by atoms with Gasteiger partial charge in [-0.25, -0.2) is 0 Å². The Morgan fingerprint density at radius 2 is 0.713 bits per heavy atom. The molecule has 3 heterocycles. The standard InChI is InChI=1S/C75H129NO18/c1-3-5-7-9-11-13-15-16-17-18-19-20-21-22-23-24-25-26-27-28-29-30-31-32-33-34-35-36-37-38-39-40-41-42-43-45-47-49-51-53-63(81)76-58(59(80)52-50-48-46-44-14-12-10-8-6-4-2)57-89-73-69(87)66(84)71(61(55-78)91-73)94-75-70(88)67(85)72(62(56-79)92-75)93-74-68(86)65(83)64(82)60(54-77)90-74/h5-8,11,13-14,16-17,19-20,22-23,44,50,52,58-62,64-75,77-80,82-88H,3-4,9-10,12,15,18,21,24-43,45-49,51,53-57H2,1-2H3,(H,76,81)/b7-5-,8-6+,13-11-,17-16-,20-19-,23-22-,44-14+,52-50+. The van der Waals surface area contributed by atoms with Crippen LogP contribution in [0.1, 0.15) is 239 Å². The number of rotatable bonds is 55. The molecule has 19 heteroatoms. The molecule has 94 heavy (non-hydrogen) atoms. The summed E-state index contributed by atoms with van der Waals surface area (Å²) in [6.07, 6.45) is 47.4. The summed E-state index contributed by atoms with van der Waals surface area (Å²) in [4.78, 5) is 13.4. The lowest BCUT2D eigenvalue weighted by molar-refractivity contribution is -0.379. The Morgan fingerprint density at radius 3 is 1.15 bits per heavy atom. The monoisotopic (exact) mass is 1330 g/mol. The summed E-state index contributed by atoms with van der Waals surface area (Å²) in [6, 6.07) is -0.997. The highest BCUT2D eigenvalue weighted by Gasteiger charge is 2.53. The molecule has 3 aliphatic heterocycles. The molecule has 0 aliphatic carbocycles. The lowest BCUT2D eigenvalue weighted by Gasteiger charge is -2.48. The van der Waals surface area contributed by atoms with Crippen molar-refractivity contribution in [3.63, 3.8) is 0 Å². The van der Waals surface area contributed by atoms with Crippen molar-refractivity contribution in [2.45, 2.75) is 343 Å². The van der Waals surface area contributed by atoms with Crippen molar-refractivity contribution in [3.8, 4) is 0 Å². The van der Waals surface area contributed by atoms with Crippen LogP contribution in [-0.2, 0) is 33.2 Å². The number of allylic oxidation sites excluding steroid dienone is 15. The van der Waals surface area contributed by atoms with Gasteiger partial charge in [0, 0.05) is 6.42 Å². The van der Waals surface area contributed by atoms with Gasteiger partial charge in [-0.2, -0.15) is 0 Å². The number of unbranched alkanes of at least 4 members (excludes halogenated alkanes) is 25. The molecular formula is C75H129NO18.